The highest BCUT2D eigenvalue weighted by Gasteiger charge is 2.39. The van der Waals surface area contributed by atoms with Crippen LogP contribution in [0.4, 0.5) is 4.79 Å². The van der Waals surface area contributed by atoms with Gasteiger partial charge in [-0.15, -0.1) is 0 Å². The first kappa shape index (κ1) is 19.2. The van der Waals surface area contributed by atoms with E-state index >= 15 is 0 Å². The maximum Gasteiger partial charge on any atom is 0.319 e. The summed E-state index contributed by atoms with van der Waals surface area (Å²) in [6.45, 7) is 4.77. The van der Waals surface area contributed by atoms with Crippen LogP contribution in [0.3, 0.4) is 0 Å². The van der Waals surface area contributed by atoms with Crippen LogP contribution in [0, 0.1) is 5.41 Å². The Morgan fingerprint density at radius 1 is 1.23 bits per heavy atom. The van der Waals surface area contributed by atoms with Crippen LogP contribution in [0.25, 0.3) is 0 Å². The summed E-state index contributed by atoms with van der Waals surface area (Å²) in [5.74, 6) is 0.972. The predicted octanol–water partition coefficient (Wildman–Crippen LogP) is 3.38. The second-order valence-corrected chi connectivity index (χ2v) is 8.45. The van der Waals surface area contributed by atoms with Gasteiger partial charge in [-0.2, -0.15) is 0 Å². The summed E-state index contributed by atoms with van der Waals surface area (Å²) in [5, 5.41) is 4.10. The number of piperidine rings is 1. The van der Waals surface area contributed by atoms with Crippen molar-refractivity contribution in [1.29, 1.82) is 0 Å². The average Bonchev–Trinajstić information content (AvgIpc) is 3.10. The molecule has 2 amide bonds. The molecule has 2 fully saturated rings. The van der Waals surface area contributed by atoms with Crippen LogP contribution < -0.4 is 0 Å². The number of carbonyl (C=O) groups excluding carboxylic acids is 1. The molecular weight excluding hydrogens is 328 g/mol. The fraction of sp³-hybridized carbons (Fsp3) is 0.800. The van der Waals surface area contributed by atoms with Crippen molar-refractivity contribution in [3.63, 3.8) is 0 Å². The Hall–Kier alpha value is -1.56. The zero-order valence-electron chi connectivity index (χ0n) is 16.8. The molecule has 1 spiro atoms. The normalized spacial score (nSPS) is 20.7. The van der Waals surface area contributed by atoms with Gasteiger partial charge in [0, 0.05) is 39.3 Å². The van der Waals surface area contributed by atoms with E-state index in [1.54, 1.807) is 4.90 Å². The van der Waals surface area contributed by atoms with Gasteiger partial charge in [-0.1, -0.05) is 12.1 Å². The third-order valence-corrected chi connectivity index (χ3v) is 6.49. The van der Waals surface area contributed by atoms with E-state index in [0.717, 1.165) is 50.4 Å². The number of aryl methyl sites for hydroxylation is 1. The Balaban J connectivity index is 1.47. The minimum absolute atomic E-state index is 0.159. The zero-order chi connectivity index (χ0) is 18.7. The Bertz CT molecular complexity index is 595. The van der Waals surface area contributed by atoms with Crippen molar-refractivity contribution in [2.75, 3.05) is 34.2 Å². The fourth-order valence-electron chi connectivity index (χ4n) is 4.58. The van der Waals surface area contributed by atoms with Crippen LogP contribution in [-0.2, 0) is 13.0 Å². The van der Waals surface area contributed by atoms with E-state index in [-0.39, 0.29) is 6.03 Å². The van der Waals surface area contributed by atoms with Crippen molar-refractivity contribution >= 4 is 6.03 Å². The molecule has 0 atom stereocenters. The smallest absolute Gasteiger partial charge is 0.319 e. The number of rotatable bonds is 4. The molecule has 1 aromatic heterocycles. The highest BCUT2D eigenvalue weighted by Crippen LogP contribution is 2.45. The van der Waals surface area contributed by atoms with Crippen LogP contribution in [0.15, 0.2) is 10.6 Å². The first-order valence-electron chi connectivity index (χ1n) is 10.0. The summed E-state index contributed by atoms with van der Waals surface area (Å²) in [6, 6.07) is 2.86. The molecule has 1 saturated heterocycles. The van der Waals surface area contributed by atoms with Gasteiger partial charge in [-0.3, -0.25) is 4.90 Å². The van der Waals surface area contributed by atoms with Gasteiger partial charge in [0.2, 0.25) is 0 Å². The maximum atomic E-state index is 12.1. The van der Waals surface area contributed by atoms with Gasteiger partial charge < -0.3 is 14.3 Å². The molecule has 2 aliphatic rings. The van der Waals surface area contributed by atoms with Crippen molar-refractivity contribution < 1.29 is 9.32 Å². The maximum absolute atomic E-state index is 12.1. The lowest BCUT2D eigenvalue weighted by Gasteiger charge is -2.47. The Morgan fingerprint density at radius 3 is 2.42 bits per heavy atom. The minimum atomic E-state index is 0.159. The van der Waals surface area contributed by atoms with Crippen LogP contribution in [-0.4, -0.2) is 66.2 Å². The van der Waals surface area contributed by atoms with Crippen molar-refractivity contribution in [2.45, 2.75) is 64.5 Å². The lowest BCUT2D eigenvalue weighted by atomic mass is 9.67. The fourth-order valence-corrected chi connectivity index (χ4v) is 4.58. The van der Waals surface area contributed by atoms with Crippen LogP contribution in [0.1, 0.15) is 56.9 Å². The Kier molecular flexibility index (Phi) is 5.90. The quantitative estimate of drug-likeness (QED) is 0.824. The summed E-state index contributed by atoms with van der Waals surface area (Å²) in [6.07, 6.45) is 8.29. The summed E-state index contributed by atoms with van der Waals surface area (Å²) in [4.78, 5) is 18.3. The molecule has 0 unspecified atom stereocenters. The molecule has 0 N–H and O–H groups in total. The molecule has 0 aromatic carbocycles. The molecule has 1 aromatic rings. The zero-order valence-corrected chi connectivity index (χ0v) is 16.8. The molecule has 3 rings (SSSR count). The van der Waals surface area contributed by atoms with Crippen LogP contribution in [0.2, 0.25) is 0 Å². The highest BCUT2D eigenvalue weighted by atomic mass is 16.5. The standard InChI is InChI=1S/C20H34N4O2/c1-5-16-14-18(26-21-16)15-23(4)17-6-8-20(9-7-17)10-12-24(13-11-20)19(25)22(2)3/h14,17H,5-13,15H2,1-4H3. The summed E-state index contributed by atoms with van der Waals surface area (Å²) < 4.78 is 5.45. The number of nitrogens with zero attached hydrogens (tertiary/aromatic N) is 4. The number of amides is 2. The second-order valence-electron chi connectivity index (χ2n) is 8.45. The van der Waals surface area contributed by atoms with E-state index in [2.05, 4.69) is 30.1 Å². The number of carbonyl (C=O) groups is 1. The van der Waals surface area contributed by atoms with Gasteiger partial charge >= 0.3 is 6.03 Å². The van der Waals surface area contributed by atoms with Crippen LogP contribution >= 0.6 is 0 Å². The van der Waals surface area contributed by atoms with E-state index in [1.165, 1.54) is 25.7 Å². The van der Waals surface area contributed by atoms with E-state index in [4.69, 9.17) is 4.52 Å². The number of hydrogen-bond acceptors (Lipinski definition) is 4. The van der Waals surface area contributed by atoms with Crippen molar-refractivity contribution in [3.05, 3.63) is 17.5 Å². The summed E-state index contributed by atoms with van der Waals surface area (Å²) in [7, 11) is 5.88. The van der Waals surface area contributed by atoms with E-state index < -0.39 is 0 Å². The third-order valence-electron chi connectivity index (χ3n) is 6.49. The monoisotopic (exact) mass is 362 g/mol. The first-order chi connectivity index (χ1) is 12.4. The number of aromatic nitrogens is 1. The Labute approximate surface area is 157 Å². The van der Waals surface area contributed by atoms with Gasteiger partial charge in [0.25, 0.3) is 0 Å². The van der Waals surface area contributed by atoms with E-state index in [0.29, 0.717) is 11.5 Å². The molecule has 2 heterocycles. The van der Waals surface area contributed by atoms with E-state index in [1.807, 2.05) is 19.0 Å². The minimum Gasteiger partial charge on any atom is -0.360 e. The molecule has 6 heteroatoms. The largest absolute Gasteiger partial charge is 0.360 e. The highest BCUT2D eigenvalue weighted by molar-refractivity contribution is 5.73. The van der Waals surface area contributed by atoms with Crippen molar-refractivity contribution in [1.82, 2.24) is 19.9 Å². The van der Waals surface area contributed by atoms with Crippen molar-refractivity contribution in [2.24, 2.45) is 5.41 Å². The summed E-state index contributed by atoms with van der Waals surface area (Å²) >= 11 is 0. The van der Waals surface area contributed by atoms with Gasteiger partial charge in [-0.25, -0.2) is 4.79 Å². The lowest BCUT2D eigenvalue weighted by Crippen LogP contribution is -2.49. The van der Waals surface area contributed by atoms with Gasteiger partial charge in [0.1, 0.15) is 0 Å². The van der Waals surface area contributed by atoms with Gasteiger partial charge in [0.05, 0.1) is 12.2 Å². The molecular formula is C20H34N4O2. The Morgan fingerprint density at radius 2 is 1.88 bits per heavy atom. The molecule has 1 aliphatic heterocycles. The molecule has 1 saturated carbocycles. The lowest BCUT2D eigenvalue weighted by molar-refractivity contribution is 0.0414. The number of hydrogen-bond donors (Lipinski definition) is 0. The van der Waals surface area contributed by atoms with Gasteiger partial charge in [0.15, 0.2) is 5.76 Å². The third kappa shape index (κ3) is 4.22. The second kappa shape index (κ2) is 7.99. The summed E-state index contributed by atoms with van der Waals surface area (Å²) in [5.41, 5.74) is 1.50. The molecule has 146 valence electrons. The van der Waals surface area contributed by atoms with Gasteiger partial charge in [-0.05, 0) is 57.4 Å². The predicted molar refractivity (Wildman–Crippen MR) is 102 cm³/mol. The molecule has 6 nitrogen and oxygen atoms in total. The molecule has 26 heavy (non-hydrogen) atoms. The SMILES string of the molecule is CCc1cc(CN(C)C2CCC3(CC2)CCN(C(=O)N(C)C)CC3)on1. The molecule has 0 radical (unpaired) electrons. The van der Waals surface area contributed by atoms with Crippen molar-refractivity contribution in [3.8, 4) is 0 Å². The first-order valence-corrected chi connectivity index (χ1v) is 10.0. The average molecular weight is 363 g/mol. The topological polar surface area (TPSA) is 52.8 Å². The van der Waals surface area contributed by atoms with Crippen LogP contribution in [0.5, 0.6) is 0 Å². The number of urea groups is 1. The molecule has 0 bridgehead atoms. The van der Waals surface area contributed by atoms with E-state index in [9.17, 15) is 4.79 Å². The number of likely N-dealkylation sites (tertiary alicyclic amines) is 1. The molecule has 1 aliphatic carbocycles.